The molecule has 0 saturated carbocycles. The Morgan fingerprint density at radius 1 is 2.00 bits per heavy atom. The van der Waals surface area contributed by atoms with E-state index in [1.807, 2.05) is 0 Å². The van der Waals surface area contributed by atoms with Crippen LogP contribution in [0.3, 0.4) is 0 Å². The molecule has 0 aliphatic rings. The summed E-state index contributed by atoms with van der Waals surface area (Å²) in [5, 5.41) is 5.99. The first-order valence-electron chi connectivity index (χ1n) is 0.643. The molecule has 0 heterocycles. The van der Waals surface area contributed by atoms with Gasteiger partial charge in [-0.3, -0.25) is 0 Å². The van der Waals surface area contributed by atoms with E-state index >= 15 is 0 Å². The Kier molecular flexibility index (Phi) is 2.76. The van der Waals surface area contributed by atoms with E-state index < -0.39 is 0 Å². The summed E-state index contributed by atoms with van der Waals surface area (Å²) in [5.41, 5.74) is 0. The van der Waals surface area contributed by atoms with E-state index in [1.54, 1.807) is 6.01 Å². The molecule has 0 spiro atoms. The number of rotatable bonds is 0. The van der Waals surface area contributed by atoms with Crippen LogP contribution in [0.2, 0.25) is 0 Å². The minimum Gasteiger partial charge on any atom is -0.241 e. The van der Waals surface area contributed by atoms with Crippen molar-refractivity contribution >= 4 is 22.2 Å². The van der Waals surface area contributed by atoms with Gasteiger partial charge in [0.05, 0.1) is 22.2 Å². The molecule has 1 N–H and O–H groups in total. The van der Waals surface area contributed by atoms with Gasteiger partial charge in [0.15, 0.2) is 0 Å². The first-order chi connectivity index (χ1) is 1.91. The Morgan fingerprint density at radius 2 is 2.25 bits per heavy atom. The number of nitrogens with one attached hydrogen (secondary N) is 1. The molecule has 0 radical (unpaired) electrons. The molecule has 0 aromatic heterocycles. The summed E-state index contributed by atoms with van der Waals surface area (Å²) < 4.78 is 2.97. The van der Waals surface area contributed by atoms with Crippen molar-refractivity contribution in [2.45, 2.75) is 0 Å². The van der Waals surface area contributed by atoms with Gasteiger partial charge in [0.25, 0.3) is 0 Å². The van der Waals surface area contributed by atoms with Crippen LogP contribution in [0.15, 0.2) is 4.02 Å². The third-order valence-electron chi connectivity index (χ3n) is 0.0423. The first kappa shape index (κ1) is 3.86. The minimum absolute atomic E-state index is 1.72. The summed E-state index contributed by atoms with van der Waals surface area (Å²) in [6, 6.07) is 1.72. The molecule has 0 unspecified atom stereocenters. The molecule has 4 heavy (non-hydrogen) atoms. The van der Waals surface area contributed by atoms with Gasteiger partial charge in [-0.1, -0.05) is 0 Å². The lowest BCUT2D eigenvalue weighted by Gasteiger charge is -1.35. The molecule has 0 aromatic rings. The quantitative estimate of drug-likeness (QED) is 0.465. The van der Waals surface area contributed by atoms with E-state index in [2.05, 4.69) is 20.2 Å². The number of nitrogens with zero attached hydrogens (tertiary/aromatic N) is 1. The van der Waals surface area contributed by atoms with E-state index in [9.17, 15) is 0 Å². The molecule has 0 saturated heterocycles. The van der Waals surface area contributed by atoms with Crippen molar-refractivity contribution in [2.24, 2.45) is 4.02 Å². The van der Waals surface area contributed by atoms with Crippen molar-refractivity contribution in [2.75, 3.05) is 0 Å². The smallest absolute Gasteiger partial charge is 0.0987 e. The van der Waals surface area contributed by atoms with Crippen molar-refractivity contribution in [1.29, 1.82) is 5.41 Å². The maximum absolute atomic E-state index is 5.99. The van der Waals surface area contributed by atoms with Gasteiger partial charge in [0.2, 0.25) is 0 Å². The predicted octanol–water partition coefficient (Wildman–Crippen LogP) is 1.05. The van der Waals surface area contributed by atoms with Crippen molar-refractivity contribution in [1.82, 2.24) is 0 Å². The zero-order chi connectivity index (χ0) is 3.41. The van der Waals surface area contributed by atoms with Crippen LogP contribution in [-0.4, -0.2) is 6.01 Å². The molecule has 0 aliphatic heterocycles. The molecule has 0 aliphatic carbocycles. The molecule has 2 nitrogen and oxygen atoms in total. The van der Waals surface area contributed by atoms with Crippen LogP contribution in [0.5, 0.6) is 0 Å². The van der Waals surface area contributed by atoms with Gasteiger partial charge >= 0.3 is 0 Å². The van der Waals surface area contributed by atoms with Crippen molar-refractivity contribution in [3.63, 3.8) is 0 Å². The van der Waals surface area contributed by atoms with Gasteiger partial charge in [0.1, 0.15) is 0 Å². The van der Waals surface area contributed by atoms with E-state index in [-0.39, 0.29) is 0 Å². The zero-order valence-electron chi connectivity index (χ0n) is 1.83. The summed E-state index contributed by atoms with van der Waals surface area (Å²) in [4.78, 5) is 0. The Morgan fingerprint density at radius 3 is 2.25 bits per heavy atom. The van der Waals surface area contributed by atoms with E-state index in [0.717, 1.165) is 0 Å². The standard InChI is InChI=1S/CHBrN2/c2-4-1-3/h3H. The van der Waals surface area contributed by atoms with Crippen molar-refractivity contribution in [3.05, 3.63) is 0 Å². The fourth-order valence-electron chi connectivity index (χ4n) is 0. The van der Waals surface area contributed by atoms with Crippen LogP contribution in [0, 0.1) is 5.41 Å². The maximum atomic E-state index is 5.99. The molecule has 0 bridgehead atoms. The average Bonchev–Trinajstić information content (AvgIpc) is 1.37. The van der Waals surface area contributed by atoms with Crippen LogP contribution in [0.25, 0.3) is 0 Å². The summed E-state index contributed by atoms with van der Waals surface area (Å²) in [5.74, 6) is 0. The van der Waals surface area contributed by atoms with Crippen LogP contribution in [-0.2, 0) is 0 Å². The Balaban J connectivity index is 3.11. The fraction of sp³-hybridized carbons (Fsp3) is 0. The van der Waals surface area contributed by atoms with E-state index in [1.165, 1.54) is 0 Å². The average molecular weight is 121 g/mol. The van der Waals surface area contributed by atoms with Crippen LogP contribution in [0.4, 0.5) is 0 Å². The highest BCUT2D eigenvalue weighted by Crippen LogP contribution is 1.68. The number of hydrogen-bond acceptors (Lipinski definition) is 2. The van der Waals surface area contributed by atoms with Gasteiger partial charge in [0, 0.05) is 0 Å². The Hall–Kier alpha value is -0.140. The van der Waals surface area contributed by atoms with Crippen molar-refractivity contribution in [3.8, 4) is 0 Å². The van der Waals surface area contributed by atoms with Crippen molar-refractivity contribution < 1.29 is 0 Å². The summed E-state index contributed by atoms with van der Waals surface area (Å²) in [6.07, 6.45) is 0. The number of halogens is 1. The highest BCUT2D eigenvalue weighted by atomic mass is 79.9. The second-order valence-corrected chi connectivity index (χ2v) is 0.551. The molecule has 3 heteroatoms. The number of hydrogen-bond donors (Lipinski definition) is 1. The molecule has 0 aromatic carbocycles. The molecule has 0 atom stereocenters. The van der Waals surface area contributed by atoms with Crippen LogP contribution < -0.4 is 0 Å². The molecule has 22 valence electrons. The zero-order valence-corrected chi connectivity index (χ0v) is 3.41. The minimum atomic E-state index is 1.72. The molecule has 0 rings (SSSR count). The van der Waals surface area contributed by atoms with Crippen LogP contribution in [0.1, 0.15) is 0 Å². The van der Waals surface area contributed by atoms with Gasteiger partial charge in [-0.2, -0.15) is 0 Å². The lowest BCUT2D eigenvalue weighted by atomic mass is 11.6. The Labute approximate surface area is 32.4 Å². The van der Waals surface area contributed by atoms with Gasteiger partial charge in [-0.05, 0) is 0 Å². The molecule has 0 amide bonds. The van der Waals surface area contributed by atoms with E-state index in [4.69, 9.17) is 5.41 Å². The SMILES string of the molecule is N=C=NBr. The molecular weight excluding hydrogens is 120 g/mol. The lowest BCUT2D eigenvalue weighted by Crippen LogP contribution is -1.21. The van der Waals surface area contributed by atoms with Gasteiger partial charge in [-0.25, -0.2) is 5.41 Å². The lowest BCUT2D eigenvalue weighted by molar-refractivity contribution is 1.57. The van der Waals surface area contributed by atoms with Gasteiger partial charge < -0.3 is 0 Å². The predicted molar refractivity (Wildman–Crippen MR) is 19.1 cm³/mol. The summed E-state index contributed by atoms with van der Waals surface area (Å²) in [7, 11) is 0. The summed E-state index contributed by atoms with van der Waals surface area (Å²) >= 11 is 2.57. The molecule has 0 fully saturated rings. The summed E-state index contributed by atoms with van der Waals surface area (Å²) in [6.45, 7) is 0. The second-order valence-electron chi connectivity index (χ2n) is 0.196. The first-order valence-corrected chi connectivity index (χ1v) is 1.35. The van der Waals surface area contributed by atoms with Gasteiger partial charge in [-0.15, -0.1) is 4.02 Å². The Bertz CT molecular complexity index is 44.0. The third-order valence-corrected chi connectivity index (χ3v) is 0.220. The second kappa shape index (κ2) is 2.86. The highest BCUT2D eigenvalue weighted by Gasteiger charge is 1.28. The molecular formula is CHBrN2. The largest absolute Gasteiger partial charge is 0.241 e. The van der Waals surface area contributed by atoms with E-state index in [0.29, 0.717) is 0 Å². The normalized spacial score (nSPS) is 4.25. The topological polar surface area (TPSA) is 36.2 Å². The third kappa shape index (κ3) is 1.86. The fourth-order valence-corrected chi connectivity index (χ4v) is 0. The highest BCUT2D eigenvalue weighted by molar-refractivity contribution is 9.08. The maximum Gasteiger partial charge on any atom is 0.0987 e. The van der Waals surface area contributed by atoms with Crippen LogP contribution >= 0.6 is 16.1 Å². The monoisotopic (exact) mass is 120 g/mol.